The maximum Gasteiger partial charge on any atom is 0.338 e. The summed E-state index contributed by atoms with van der Waals surface area (Å²) in [6, 6.07) is 1.85. The average Bonchev–Trinajstić information content (AvgIpc) is 2.91. The third-order valence-electron chi connectivity index (χ3n) is 5.17. The first-order valence-corrected chi connectivity index (χ1v) is 9.84. The molecule has 8 heteroatoms. The molecule has 3 rings (SSSR count). The number of carbonyl (C=O) groups excluding carboxylic acids is 2. The maximum absolute atomic E-state index is 13.0. The summed E-state index contributed by atoms with van der Waals surface area (Å²) in [6.07, 6.45) is 5.97. The van der Waals surface area contributed by atoms with Gasteiger partial charge in [-0.3, -0.25) is 0 Å². The van der Waals surface area contributed by atoms with Gasteiger partial charge < -0.3 is 25.2 Å². The Balaban J connectivity index is 1.92. The fraction of sp³-hybridized carbons (Fsp3) is 0.500. The topological polar surface area (TPSA) is 96.9 Å². The van der Waals surface area contributed by atoms with Gasteiger partial charge in [-0.2, -0.15) is 0 Å². The number of phenolic OH excluding ortho intramolecular Hbond substituents is 1. The van der Waals surface area contributed by atoms with E-state index in [1.54, 1.807) is 13.0 Å². The number of hydrogen-bond acceptors (Lipinski definition) is 5. The molecule has 0 radical (unpaired) electrons. The summed E-state index contributed by atoms with van der Waals surface area (Å²) < 4.78 is 10.9. The Morgan fingerprint density at radius 2 is 1.89 bits per heavy atom. The first kappa shape index (κ1) is 20.3. The highest BCUT2D eigenvalue weighted by molar-refractivity contribution is 6.32. The van der Waals surface area contributed by atoms with Crippen molar-refractivity contribution in [2.75, 3.05) is 7.11 Å². The molecule has 1 fully saturated rings. The second-order valence-corrected chi connectivity index (χ2v) is 7.55. The molecule has 1 aromatic carbocycles. The van der Waals surface area contributed by atoms with Gasteiger partial charge in [0, 0.05) is 5.70 Å². The lowest BCUT2D eigenvalue weighted by Gasteiger charge is -2.29. The minimum Gasteiger partial charge on any atom is -0.503 e. The predicted molar refractivity (Wildman–Crippen MR) is 104 cm³/mol. The van der Waals surface area contributed by atoms with Crippen molar-refractivity contribution in [3.8, 4) is 11.5 Å². The van der Waals surface area contributed by atoms with Crippen LogP contribution in [-0.2, 0) is 9.53 Å². The highest BCUT2D eigenvalue weighted by atomic mass is 35.5. The molecule has 152 valence electrons. The van der Waals surface area contributed by atoms with Crippen molar-refractivity contribution >= 4 is 23.6 Å². The first-order valence-electron chi connectivity index (χ1n) is 9.46. The van der Waals surface area contributed by atoms with E-state index in [2.05, 4.69) is 10.6 Å². The van der Waals surface area contributed by atoms with Crippen LogP contribution in [0.15, 0.2) is 23.4 Å². The minimum absolute atomic E-state index is 0.0660. The van der Waals surface area contributed by atoms with Crippen LogP contribution in [0.1, 0.15) is 57.1 Å². The van der Waals surface area contributed by atoms with E-state index in [-0.39, 0.29) is 22.6 Å². The molecule has 0 spiro atoms. The zero-order valence-electron chi connectivity index (χ0n) is 16.0. The Morgan fingerprint density at radius 3 is 2.54 bits per heavy atom. The molecular formula is C20H25ClN2O5. The molecule has 1 aliphatic carbocycles. The number of urea groups is 1. The molecule has 0 aromatic heterocycles. The van der Waals surface area contributed by atoms with Crippen molar-refractivity contribution in [1.82, 2.24) is 10.6 Å². The van der Waals surface area contributed by atoms with E-state index < -0.39 is 18.0 Å². The number of amides is 2. The molecular weight excluding hydrogens is 384 g/mol. The number of halogens is 1. The summed E-state index contributed by atoms with van der Waals surface area (Å²) in [5.41, 5.74) is 1.25. The number of rotatable bonds is 4. The van der Waals surface area contributed by atoms with Gasteiger partial charge in [-0.25, -0.2) is 9.59 Å². The summed E-state index contributed by atoms with van der Waals surface area (Å²) in [5, 5.41) is 15.4. The first-order chi connectivity index (χ1) is 13.4. The molecule has 2 aliphatic rings. The number of carbonyl (C=O) groups is 2. The van der Waals surface area contributed by atoms with Crippen molar-refractivity contribution in [2.45, 2.75) is 57.6 Å². The quantitative estimate of drug-likeness (QED) is 0.517. The monoisotopic (exact) mass is 408 g/mol. The maximum atomic E-state index is 13.0. The highest BCUT2D eigenvalue weighted by Crippen LogP contribution is 2.39. The number of benzene rings is 1. The van der Waals surface area contributed by atoms with Crippen molar-refractivity contribution in [2.24, 2.45) is 0 Å². The molecule has 0 saturated heterocycles. The number of phenols is 1. The fourth-order valence-electron chi connectivity index (χ4n) is 3.71. The van der Waals surface area contributed by atoms with Crippen LogP contribution in [0.2, 0.25) is 5.02 Å². The molecule has 1 atom stereocenters. The molecule has 1 aromatic rings. The van der Waals surface area contributed by atoms with Crippen LogP contribution in [0, 0.1) is 0 Å². The number of ether oxygens (including phenoxy) is 2. The Kier molecular flexibility index (Phi) is 6.34. The van der Waals surface area contributed by atoms with Crippen molar-refractivity contribution < 1.29 is 24.2 Å². The fourth-order valence-corrected chi connectivity index (χ4v) is 3.92. The Morgan fingerprint density at radius 1 is 1.21 bits per heavy atom. The summed E-state index contributed by atoms with van der Waals surface area (Å²) in [5.74, 6) is -0.508. The summed E-state index contributed by atoms with van der Waals surface area (Å²) >= 11 is 6.10. The highest BCUT2D eigenvalue weighted by Gasteiger charge is 2.34. The van der Waals surface area contributed by atoms with Crippen LogP contribution in [0.5, 0.6) is 11.5 Å². The van der Waals surface area contributed by atoms with Gasteiger partial charge in [0.1, 0.15) is 6.10 Å². The van der Waals surface area contributed by atoms with Crippen molar-refractivity contribution in [3.63, 3.8) is 0 Å². The third-order valence-corrected chi connectivity index (χ3v) is 5.46. The van der Waals surface area contributed by atoms with Crippen LogP contribution in [-0.4, -0.2) is 30.3 Å². The standard InChI is InChI=1S/C20H25ClN2O5/c1-11-16(19(25)28-13-7-5-3-4-6-8-13)17(23-20(26)22-11)12-9-14(21)18(24)15(10-12)27-2/h9-10,13,17,24H,3-8H2,1-2H3,(H2,22,23,26). The Labute approximate surface area is 169 Å². The van der Waals surface area contributed by atoms with Gasteiger partial charge >= 0.3 is 12.0 Å². The van der Waals surface area contributed by atoms with Gasteiger partial charge in [0.2, 0.25) is 0 Å². The van der Waals surface area contributed by atoms with Gasteiger partial charge in [-0.05, 0) is 50.3 Å². The molecule has 7 nitrogen and oxygen atoms in total. The van der Waals surface area contributed by atoms with Gasteiger partial charge in [-0.15, -0.1) is 0 Å². The Hall–Kier alpha value is -2.41. The van der Waals surface area contributed by atoms with E-state index >= 15 is 0 Å². The lowest BCUT2D eigenvalue weighted by atomic mass is 9.95. The molecule has 1 aliphatic heterocycles. The lowest BCUT2D eigenvalue weighted by molar-refractivity contribution is -0.145. The summed E-state index contributed by atoms with van der Waals surface area (Å²) in [4.78, 5) is 25.0. The molecule has 2 amide bonds. The van der Waals surface area contributed by atoms with Crippen LogP contribution < -0.4 is 15.4 Å². The number of nitrogens with one attached hydrogen (secondary N) is 2. The van der Waals surface area contributed by atoms with Crippen LogP contribution in [0.4, 0.5) is 4.79 Å². The second-order valence-electron chi connectivity index (χ2n) is 7.14. The van der Waals surface area contributed by atoms with E-state index in [0.717, 1.165) is 38.5 Å². The average molecular weight is 409 g/mol. The van der Waals surface area contributed by atoms with Gasteiger partial charge in [0.15, 0.2) is 11.5 Å². The minimum atomic E-state index is -0.765. The number of hydrogen-bond donors (Lipinski definition) is 3. The van der Waals surface area contributed by atoms with E-state index in [1.165, 1.54) is 13.2 Å². The van der Waals surface area contributed by atoms with Crippen LogP contribution in [0.25, 0.3) is 0 Å². The molecule has 1 heterocycles. The zero-order valence-corrected chi connectivity index (χ0v) is 16.8. The van der Waals surface area contributed by atoms with Gasteiger partial charge in [0.25, 0.3) is 0 Å². The van der Waals surface area contributed by atoms with Gasteiger partial charge in [-0.1, -0.05) is 24.4 Å². The van der Waals surface area contributed by atoms with E-state index in [9.17, 15) is 14.7 Å². The largest absolute Gasteiger partial charge is 0.503 e. The van der Waals surface area contributed by atoms with Crippen molar-refractivity contribution in [3.05, 3.63) is 34.0 Å². The lowest BCUT2D eigenvalue weighted by Crippen LogP contribution is -2.45. The van der Waals surface area contributed by atoms with Crippen LogP contribution in [0.3, 0.4) is 0 Å². The number of methoxy groups -OCH3 is 1. The number of aromatic hydroxyl groups is 1. The zero-order chi connectivity index (χ0) is 20.3. The predicted octanol–water partition coefficient (Wildman–Crippen LogP) is 3.95. The SMILES string of the molecule is COc1cc(C2NC(=O)NC(C)=C2C(=O)OC2CCCCCC2)cc(Cl)c1O. The summed E-state index contributed by atoms with van der Waals surface area (Å²) in [7, 11) is 1.40. The normalized spacial score (nSPS) is 20.8. The molecule has 3 N–H and O–H groups in total. The second kappa shape index (κ2) is 8.73. The molecule has 1 saturated carbocycles. The molecule has 28 heavy (non-hydrogen) atoms. The molecule has 0 bridgehead atoms. The van der Waals surface area contributed by atoms with Crippen LogP contribution >= 0.6 is 11.6 Å². The number of allylic oxidation sites excluding steroid dienone is 1. The summed E-state index contributed by atoms with van der Waals surface area (Å²) in [6.45, 7) is 1.66. The van der Waals surface area contributed by atoms with E-state index in [1.807, 2.05) is 0 Å². The molecule has 1 unspecified atom stereocenters. The van der Waals surface area contributed by atoms with E-state index in [4.69, 9.17) is 21.1 Å². The van der Waals surface area contributed by atoms with Gasteiger partial charge in [0.05, 0.1) is 23.7 Å². The third kappa shape index (κ3) is 4.35. The Bertz CT molecular complexity index is 800. The smallest absolute Gasteiger partial charge is 0.338 e. The van der Waals surface area contributed by atoms with E-state index in [0.29, 0.717) is 16.8 Å². The number of esters is 1. The van der Waals surface area contributed by atoms with Crippen molar-refractivity contribution in [1.29, 1.82) is 0 Å².